The summed E-state index contributed by atoms with van der Waals surface area (Å²) < 4.78 is 22.8. The van der Waals surface area contributed by atoms with Crippen molar-refractivity contribution in [3.05, 3.63) is 95.6 Å². The summed E-state index contributed by atoms with van der Waals surface area (Å²) in [4.78, 5) is 12.4. The fourth-order valence-corrected chi connectivity index (χ4v) is 4.94. The monoisotopic (exact) mass is 460 g/mol. The van der Waals surface area contributed by atoms with Crippen LogP contribution < -0.4 is 9.47 Å². The van der Waals surface area contributed by atoms with Crippen LogP contribution in [0, 0.1) is 17.3 Å². The van der Waals surface area contributed by atoms with Crippen molar-refractivity contribution in [3.63, 3.8) is 0 Å². The summed E-state index contributed by atoms with van der Waals surface area (Å²) >= 11 is 0. The van der Waals surface area contributed by atoms with Gasteiger partial charge in [-0.15, -0.1) is 0 Å². The first-order valence-corrected chi connectivity index (χ1v) is 11.4. The number of ether oxygens (including phenoxy) is 4. The van der Waals surface area contributed by atoms with Gasteiger partial charge in [0.25, 0.3) is 0 Å². The summed E-state index contributed by atoms with van der Waals surface area (Å²) in [5.74, 6) is 1.24. The average Bonchev–Trinajstić information content (AvgIpc) is 3.45. The molecule has 0 spiro atoms. The largest absolute Gasteiger partial charge is 0.497 e. The third-order valence-electron chi connectivity index (χ3n) is 7.16. The van der Waals surface area contributed by atoms with Crippen molar-refractivity contribution in [2.75, 3.05) is 27.9 Å². The van der Waals surface area contributed by atoms with E-state index in [2.05, 4.69) is 26.0 Å². The van der Waals surface area contributed by atoms with Crippen LogP contribution in [0.1, 0.15) is 30.5 Å². The lowest BCUT2D eigenvalue weighted by Gasteiger charge is -2.36. The van der Waals surface area contributed by atoms with Crippen LogP contribution in [-0.4, -0.2) is 33.9 Å². The average molecular weight is 461 g/mol. The van der Waals surface area contributed by atoms with E-state index < -0.39 is 5.60 Å². The summed E-state index contributed by atoms with van der Waals surface area (Å²) in [7, 11) is 4.75. The molecule has 2 atom stereocenters. The smallest absolute Gasteiger partial charge is 0.309 e. The molecule has 1 aliphatic carbocycles. The molecule has 1 aliphatic rings. The van der Waals surface area contributed by atoms with Crippen molar-refractivity contribution >= 4 is 5.97 Å². The molecule has 0 N–H and O–H groups in total. The predicted octanol–water partition coefficient (Wildman–Crippen LogP) is 5.46. The van der Waals surface area contributed by atoms with Crippen molar-refractivity contribution in [1.29, 1.82) is 0 Å². The summed E-state index contributed by atoms with van der Waals surface area (Å²) in [6.45, 7) is 4.58. The van der Waals surface area contributed by atoms with Gasteiger partial charge in [-0.3, -0.25) is 4.79 Å². The normalized spacial score (nSPS) is 18.7. The fourth-order valence-electron chi connectivity index (χ4n) is 4.94. The molecule has 1 fully saturated rings. The highest BCUT2D eigenvalue weighted by Gasteiger charge is 2.63. The minimum Gasteiger partial charge on any atom is -0.497 e. The Kier molecular flexibility index (Phi) is 6.67. The third kappa shape index (κ3) is 4.16. The van der Waals surface area contributed by atoms with Crippen LogP contribution >= 0.6 is 0 Å². The number of esters is 1. The lowest BCUT2D eigenvalue weighted by molar-refractivity contribution is -0.143. The van der Waals surface area contributed by atoms with Gasteiger partial charge in [0.1, 0.15) is 17.1 Å². The molecule has 2 unspecified atom stereocenters. The van der Waals surface area contributed by atoms with Crippen molar-refractivity contribution < 1.29 is 23.7 Å². The second-order valence-corrected chi connectivity index (χ2v) is 9.24. The van der Waals surface area contributed by atoms with Gasteiger partial charge in [0.2, 0.25) is 0 Å². The van der Waals surface area contributed by atoms with Crippen LogP contribution in [0.2, 0.25) is 0 Å². The van der Waals surface area contributed by atoms with E-state index in [1.807, 2.05) is 66.7 Å². The molecule has 0 amide bonds. The van der Waals surface area contributed by atoms with Crippen molar-refractivity contribution in [3.8, 4) is 11.5 Å². The molecule has 4 rings (SSSR count). The lowest BCUT2D eigenvalue weighted by Crippen LogP contribution is -2.34. The Balaban J connectivity index is 1.83. The van der Waals surface area contributed by atoms with Crippen molar-refractivity contribution in [1.82, 2.24) is 0 Å². The van der Waals surface area contributed by atoms with Gasteiger partial charge in [-0.25, -0.2) is 0 Å². The van der Waals surface area contributed by atoms with Gasteiger partial charge in [0.05, 0.1) is 33.9 Å². The van der Waals surface area contributed by atoms with E-state index in [0.29, 0.717) is 6.61 Å². The SMILES string of the molecule is COC(=O)C1C(COC(c2ccccc2)(c2ccc(OC)cc2)c2ccc(OC)cc2)C1(C)C. The topological polar surface area (TPSA) is 54.0 Å². The Bertz CT molecular complexity index is 1060. The lowest BCUT2D eigenvalue weighted by atomic mass is 9.80. The quantitative estimate of drug-likeness (QED) is 0.314. The molecule has 0 heterocycles. The molecule has 0 saturated heterocycles. The molecule has 1 saturated carbocycles. The molecule has 178 valence electrons. The highest BCUT2D eigenvalue weighted by Crippen LogP contribution is 2.59. The minimum absolute atomic E-state index is 0.0551. The molecule has 0 aromatic heterocycles. The molecule has 34 heavy (non-hydrogen) atoms. The number of methoxy groups -OCH3 is 3. The van der Waals surface area contributed by atoms with Gasteiger partial charge in [-0.2, -0.15) is 0 Å². The summed E-state index contributed by atoms with van der Waals surface area (Å²) in [5, 5.41) is 0. The van der Waals surface area contributed by atoms with Crippen LogP contribution in [0.4, 0.5) is 0 Å². The van der Waals surface area contributed by atoms with Gasteiger partial charge in [0.15, 0.2) is 0 Å². The highest BCUT2D eigenvalue weighted by molar-refractivity contribution is 5.77. The zero-order chi connectivity index (χ0) is 24.3. The first kappa shape index (κ1) is 23.8. The second kappa shape index (κ2) is 9.51. The fraction of sp³-hybridized carbons (Fsp3) is 0.345. The van der Waals surface area contributed by atoms with E-state index >= 15 is 0 Å². The Labute approximate surface area is 201 Å². The standard InChI is InChI=1S/C29H32O5/c1-28(2)25(26(28)27(30)33-5)19-34-29(20-9-7-6-8-10-20,21-11-15-23(31-3)16-12-21)22-13-17-24(32-4)18-14-22/h6-18,25-26H,19H2,1-5H3. The molecule has 3 aromatic rings. The van der Waals surface area contributed by atoms with Gasteiger partial charge < -0.3 is 18.9 Å². The number of carbonyl (C=O) groups excluding carboxylic acids is 1. The Morgan fingerprint density at radius 3 is 1.68 bits per heavy atom. The van der Waals surface area contributed by atoms with E-state index in [1.165, 1.54) is 7.11 Å². The number of benzene rings is 3. The molecular formula is C29H32O5. The molecule has 5 heteroatoms. The van der Waals surface area contributed by atoms with Crippen LogP contribution in [0.25, 0.3) is 0 Å². The maximum atomic E-state index is 12.4. The van der Waals surface area contributed by atoms with E-state index in [9.17, 15) is 4.79 Å². The predicted molar refractivity (Wildman–Crippen MR) is 131 cm³/mol. The van der Waals surface area contributed by atoms with Crippen LogP contribution in [0.15, 0.2) is 78.9 Å². The van der Waals surface area contributed by atoms with Gasteiger partial charge in [-0.1, -0.05) is 68.4 Å². The summed E-state index contributed by atoms with van der Waals surface area (Å²) in [6.07, 6.45) is 0. The molecule has 5 nitrogen and oxygen atoms in total. The highest BCUT2D eigenvalue weighted by atomic mass is 16.5. The number of carbonyl (C=O) groups is 1. The second-order valence-electron chi connectivity index (χ2n) is 9.24. The molecular weight excluding hydrogens is 428 g/mol. The van der Waals surface area contributed by atoms with Crippen LogP contribution in [0.3, 0.4) is 0 Å². The van der Waals surface area contributed by atoms with Gasteiger partial charge in [0, 0.05) is 5.92 Å². The van der Waals surface area contributed by atoms with Crippen LogP contribution in [0.5, 0.6) is 11.5 Å². The minimum atomic E-state index is -0.890. The molecule has 0 radical (unpaired) electrons. The van der Waals surface area contributed by atoms with Gasteiger partial charge >= 0.3 is 5.97 Å². The zero-order valence-corrected chi connectivity index (χ0v) is 20.4. The summed E-state index contributed by atoms with van der Waals surface area (Å²) in [5.41, 5.74) is 1.86. The Hall–Kier alpha value is -3.31. The Morgan fingerprint density at radius 2 is 1.24 bits per heavy atom. The molecule has 0 bridgehead atoms. The first-order valence-electron chi connectivity index (χ1n) is 11.4. The number of hydrogen-bond donors (Lipinski definition) is 0. The van der Waals surface area contributed by atoms with Gasteiger partial charge in [-0.05, 0) is 46.4 Å². The molecule has 0 aliphatic heterocycles. The maximum absolute atomic E-state index is 12.4. The number of rotatable bonds is 9. The third-order valence-corrected chi connectivity index (χ3v) is 7.16. The summed E-state index contributed by atoms with van der Waals surface area (Å²) in [6, 6.07) is 26.1. The Morgan fingerprint density at radius 1 is 0.765 bits per heavy atom. The maximum Gasteiger partial charge on any atom is 0.309 e. The van der Waals surface area contributed by atoms with E-state index in [-0.39, 0.29) is 23.2 Å². The van der Waals surface area contributed by atoms with E-state index in [1.54, 1.807) is 14.2 Å². The van der Waals surface area contributed by atoms with E-state index in [0.717, 1.165) is 28.2 Å². The zero-order valence-electron chi connectivity index (χ0n) is 20.4. The first-order chi connectivity index (χ1) is 16.4. The number of hydrogen-bond acceptors (Lipinski definition) is 5. The van der Waals surface area contributed by atoms with Crippen molar-refractivity contribution in [2.24, 2.45) is 17.3 Å². The van der Waals surface area contributed by atoms with Crippen molar-refractivity contribution in [2.45, 2.75) is 19.4 Å². The molecule has 3 aromatic carbocycles. The van der Waals surface area contributed by atoms with Crippen LogP contribution in [-0.2, 0) is 19.9 Å². The van der Waals surface area contributed by atoms with E-state index in [4.69, 9.17) is 18.9 Å².